The van der Waals surface area contributed by atoms with Gasteiger partial charge in [-0.25, -0.2) is 0 Å². The van der Waals surface area contributed by atoms with Crippen LogP contribution in [0.2, 0.25) is 0 Å². The summed E-state index contributed by atoms with van der Waals surface area (Å²) in [5, 5.41) is 12.6. The molecule has 3 rings (SSSR count). The van der Waals surface area contributed by atoms with Crippen molar-refractivity contribution in [2.45, 2.75) is 31.4 Å². The van der Waals surface area contributed by atoms with Crippen LogP contribution in [0, 0.1) is 11.3 Å². The summed E-state index contributed by atoms with van der Waals surface area (Å²) in [6, 6.07) is 8.08. The number of hydrogen-bond acceptors (Lipinski definition) is 4. The first-order valence-electron chi connectivity index (χ1n) is 6.87. The first kappa shape index (κ1) is 12.5. The molecule has 2 heterocycles. The molecule has 0 radical (unpaired) electrons. The third-order valence-corrected chi connectivity index (χ3v) is 3.75. The number of rotatable bonds is 4. The Kier molecular flexibility index (Phi) is 3.67. The summed E-state index contributed by atoms with van der Waals surface area (Å²) in [7, 11) is 0. The molecule has 2 unspecified atom stereocenters. The maximum atomic E-state index is 9.32. The minimum atomic E-state index is -0.268. The van der Waals surface area contributed by atoms with Crippen LogP contribution in [0.15, 0.2) is 18.2 Å². The van der Waals surface area contributed by atoms with Crippen LogP contribution in [0.1, 0.15) is 30.0 Å². The number of nitrogens with zero attached hydrogens (tertiary/aromatic N) is 1. The molecule has 0 aliphatic carbocycles. The second-order valence-corrected chi connectivity index (χ2v) is 5.07. The summed E-state index contributed by atoms with van der Waals surface area (Å²) in [4.78, 5) is 0. The quantitative estimate of drug-likeness (QED) is 0.897. The van der Waals surface area contributed by atoms with E-state index in [4.69, 9.17) is 9.47 Å². The molecule has 1 aromatic carbocycles. The molecule has 2 aliphatic heterocycles. The molecule has 1 saturated heterocycles. The topological polar surface area (TPSA) is 54.3 Å². The summed E-state index contributed by atoms with van der Waals surface area (Å²) in [5.74, 6) is 0.958. The van der Waals surface area contributed by atoms with Gasteiger partial charge in [0.15, 0.2) is 0 Å². The van der Waals surface area contributed by atoms with Crippen molar-refractivity contribution in [2.24, 2.45) is 0 Å². The van der Waals surface area contributed by atoms with E-state index in [2.05, 4.69) is 17.5 Å². The van der Waals surface area contributed by atoms with Crippen molar-refractivity contribution in [3.8, 4) is 11.8 Å². The van der Waals surface area contributed by atoms with Crippen molar-refractivity contribution in [3.63, 3.8) is 0 Å². The van der Waals surface area contributed by atoms with E-state index in [-0.39, 0.29) is 12.1 Å². The molecule has 1 aromatic rings. The third kappa shape index (κ3) is 2.73. The van der Waals surface area contributed by atoms with Gasteiger partial charge in [-0.05, 0) is 36.1 Å². The minimum absolute atomic E-state index is 0.258. The molecule has 1 fully saturated rings. The van der Waals surface area contributed by atoms with Gasteiger partial charge in [-0.15, -0.1) is 0 Å². The third-order valence-electron chi connectivity index (χ3n) is 3.75. The lowest BCUT2D eigenvalue weighted by Crippen LogP contribution is -2.29. The Morgan fingerprint density at radius 2 is 2.37 bits per heavy atom. The van der Waals surface area contributed by atoms with Crippen LogP contribution < -0.4 is 10.1 Å². The Labute approximate surface area is 113 Å². The highest BCUT2D eigenvalue weighted by atomic mass is 16.5. The van der Waals surface area contributed by atoms with Crippen molar-refractivity contribution < 1.29 is 9.47 Å². The average Bonchev–Trinajstić information content (AvgIpc) is 3.09. The van der Waals surface area contributed by atoms with E-state index in [0.29, 0.717) is 0 Å². The van der Waals surface area contributed by atoms with E-state index in [1.165, 1.54) is 5.56 Å². The summed E-state index contributed by atoms with van der Waals surface area (Å²) >= 11 is 0. The Morgan fingerprint density at radius 1 is 1.42 bits per heavy atom. The molecule has 2 atom stereocenters. The van der Waals surface area contributed by atoms with Crippen LogP contribution in [0.5, 0.6) is 5.75 Å². The smallest absolute Gasteiger partial charge is 0.122 e. The maximum Gasteiger partial charge on any atom is 0.122 e. The molecule has 0 spiro atoms. The van der Waals surface area contributed by atoms with Crippen LogP contribution in [-0.2, 0) is 11.2 Å². The van der Waals surface area contributed by atoms with Gasteiger partial charge >= 0.3 is 0 Å². The Bertz CT molecular complexity index is 489. The molecule has 100 valence electrons. The lowest BCUT2D eigenvalue weighted by atomic mass is 10.0. The molecule has 0 bridgehead atoms. The first-order valence-corrected chi connectivity index (χ1v) is 6.87. The van der Waals surface area contributed by atoms with E-state index < -0.39 is 0 Å². The molecule has 19 heavy (non-hydrogen) atoms. The predicted molar refractivity (Wildman–Crippen MR) is 71.0 cm³/mol. The van der Waals surface area contributed by atoms with Crippen molar-refractivity contribution in [1.29, 1.82) is 5.26 Å². The van der Waals surface area contributed by atoms with Crippen molar-refractivity contribution in [2.75, 3.05) is 19.8 Å². The van der Waals surface area contributed by atoms with Crippen molar-refractivity contribution >= 4 is 0 Å². The molecule has 2 aliphatic rings. The van der Waals surface area contributed by atoms with E-state index in [9.17, 15) is 5.26 Å². The molecular formula is C15H18N2O2. The van der Waals surface area contributed by atoms with Gasteiger partial charge in [0.1, 0.15) is 11.8 Å². The fraction of sp³-hybridized carbons (Fsp3) is 0.533. The lowest BCUT2D eigenvalue weighted by molar-refractivity contribution is 0.109. The molecule has 0 amide bonds. The number of ether oxygens (including phenoxy) is 2. The SMILES string of the molecule is N#CC(NCC1CCCO1)c1ccc2c(c1)CCO2. The first-order chi connectivity index (χ1) is 9.36. The summed E-state index contributed by atoms with van der Waals surface area (Å²) in [5.41, 5.74) is 2.22. The van der Waals surface area contributed by atoms with E-state index in [1.807, 2.05) is 12.1 Å². The maximum absolute atomic E-state index is 9.32. The summed E-state index contributed by atoms with van der Waals surface area (Å²) in [6.45, 7) is 2.34. The molecule has 0 aromatic heterocycles. The van der Waals surface area contributed by atoms with Crippen LogP contribution in [0.25, 0.3) is 0 Å². The largest absolute Gasteiger partial charge is 0.493 e. The Morgan fingerprint density at radius 3 is 3.16 bits per heavy atom. The number of nitrogens with one attached hydrogen (secondary N) is 1. The monoisotopic (exact) mass is 258 g/mol. The van der Waals surface area contributed by atoms with Crippen LogP contribution in [0.3, 0.4) is 0 Å². The highest BCUT2D eigenvalue weighted by Crippen LogP contribution is 2.28. The standard InChI is InChI=1S/C15H18N2O2/c16-9-14(17-10-13-2-1-6-18-13)11-3-4-15-12(8-11)5-7-19-15/h3-4,8,13-14,17H,1-2,5-7,10H2. The van der Waals surface area contributed by atoms with Crippen LogP contribution in [0.4, 0.5) is 0 Å². The normalized spacial score (nSPS) is 22.6. The van der Waals surface area contributed by atoms with Gasteiger partial charge in [0.25, 0.3) is 0 Å². The average molecular weight is 258 g/mol. The number of nitriles is 1. The second kappa shape index (κ2) is 5.60. The van der Waals surface area contributed by atoms with Crippen LogP contribution >= 0.6 is 0 Å². The lowest BCUT2D eigenvalue weighted by Gasteiger charge is -2.16. The number of hydrogen-bond donors (Lipinski definition) is 1. The van der Waals surface area contributed by atoms with Gasteiger partial charge in [-0.3, -0.25) is 5.32 Å². The zero-order valence-corrected chi connectivity index (χ0v) is 10.9. The predicted octanol–water partition coefficient (Wildman–Crippen LogP) is 1.95. The second-order valence-electron chi connectivity index (χ2n) is 5.07. The summed E-state index contributed by atoms with van der Waals surface area (Å²) < 4.78 is 11.1. The molecule has 1 N–H and O–H groups in total. The van der Waals surface area contributed by atoms with Gasteiger partial charge in [-0.1, -0.05) is 6.07 Å². The fourth-order valence-corrected chi connectivity index (χ4v) is 2.68. The van der Waals surface area contributed by atoms with E-state index in [0.717, 1.165) is 50.3 Å². The van der Waals surface area contributed by atoms with Gasteiger partial charge in [0, 0.05) is 19.6 Å². The summed E-state index contributed by atoms with van der Waals surface area (Å²) in [6.07, 6.45) is 3.41. The van der Waals surface area contributed by atoms with E-state index >= 15 is 0 Å². The zero-order valence-electron chi connectivity index (χ0n) is 10.9. The number of fused-ring (bicyclic) bond motifs is 1. The van der Waals surface area contributed by atoms with Gasteiger partial charge < -0.3 is 9.47 Å². The van der Waals surface area contributed by atoms with Gasteiger partial charge in [0.05, 0.1) is 18.8 Å². The molecular weight excluding hydrogens is 240 g/mol. The molecule has 4 nitrogen and oxygen atoms in total. The highest BCUT2D eigenvalue weighted by molar-refractivity contribution is 5.41. The van der Waals surface area contributed by atoms with Crippen LogP contribution in [-0.4, -0.2) is 25.9 Å². The zero-order chi connectivity index (χ0) is 13.1. The van der Waals surface area contributed by atoms with E-state index in [1.54, 1.807) is 0 Å². The van der Waals surface area contributed by atoms with Crippen molar-refractivity contribution in [3.05, 3.63) is 29.3 Å². The highest BCUT2D eigenvalue weighted by Gasteiger charge is 2.20. The molecule has 0 saturated carbocycles. The Balaban J connectivity index is 1.66. The van der Waals surface area contributed by atoms with Crippen molar-refractivity contribution in [1.82, 2.24) is 5.32 Å². The minimum Gasteiger partial charge on any atom is -0.493 e. The van der Waals surface area contributed by atoms with Gasteiger partial charge in [-0.2, -0.15) is 5.26 Å². The van der Waals surface area contributed by atoms with Gasteiger partial charge in [0.2, 0.25) is 0 Å². The number of benzene rings is 1. The fourth-order valence-electron chi connectivity index (χ4n) is 2.68. The molecule has 4 heteroatoms. The Hall–Kier alpha value is -1.57.